The summed E-state index contributed by atoms with van der Waals surface area (Å²) in [4.78, 5) is 25.2. The van der Waals surface area contributed by atoms with E-state index in [9.17, 15) is 9.59 Å². The Kier molecular flexibility index (Phi) is 5.00. The number of fused-ring (bicyclic) bond motifs is 3. The molecule has 1 N–H and O–H groups in total. The van der Waals surface area contributed by atoms with Crippen molar-refractivity contribution in [3.05, 3.63) is 69.6 Å². The van der Waals surface area contributed by atoms with Gasteiger partial charge in [0.1, 0.15) is 17.9 Å². The third-order valence-electron chi connectivity index (χ3n) is 4.88. The molecule has 3 aromatic heterocycles. The molecular weight excluding hydrogens is 372 g/mol. The van der Waals surface area contributed by atoms with E-state index in [0.717, 1.165) is 23.1 Å². The summed E-state index contributed by atoms with van der Waals surface area (Å²) >= 11 is 1.59. The van der Waals surface area contributed by atoms with Crippen LogP contribution in [-0.4, -0.2) is 26.1 Å². The summed E-state index contributed by atoms with van der Waals surface area (Å²) in [7, 11) is 0. The quantitative estimate of drug-likeness (QED) is 0.546. The molecule has 4 aromatic rings. The second kappa shape index (κ2) is 7.59. The number of thiophene rings is 1. The van der Waals surface area contributed by atoms with Crippen molar-refractivity contribution in [2.75, 3.05) is 0 Å². The standard InChI is InChI=1S/C21H22N4O2S/c1-14(8-9-16-6-4-3-5-7-16)22-20(26)13-24-21(27)18-12-19-17(10-11-28-19)25(18)15(2)23-24/h3-7,10-12,14H,8-9,13H2,1-2H3,(H,22,26). The predicted octanol–water partition coefficient (Wildman–Crippen LogP) is 3.16. The zero-order chi connectivity index (χ0) is 19.7. The number of nitrogens with zero attached hydrogens (tertiary/aromatic N) is 3. The highest BCUT2D eigenvalue weighted by atomic mass is 32.1. The molecule has 0 fully saturated rings. The lowest BCUT2D eigenvalue weighted by Gasteiger charge is -2.14. The van der Waals surface area contributed by atoms with Crippen molar-refractivity contribution < 1.29 is 4.79 Å². The molecule has 0 saturated carbocycles. The Balaban J connectivity index is 1.46. The monoisotopic (exact) mass is 394 g/mol. The molecule has 0 saturated heterocycles. The number of carbonyl (C=O) groups excluding carboxylic acids is 1. The Labute approximate surface area is 166 Å². The average Bonchev–Trinajstić information content (AvgIpc) is 3.26. The Morgan fingerprint density at radius 3 is 2.79 bits per heavy atom. The molecule has 28 heavy (non-hydrogen) atoms. The molecule has 1 aromatic carbocycles. The molecule has 0 aliphatic heterocycles. The van der Waals surface area contributed by atoms with Gasteiger partial charge in [0.2, 0.25) is 5.91 Å². The molecule has 6 nitrogen and oxygen atoms in total. The van der Waals surface area contributed by atoms with Crippen molar-refractivity contribution in [2.24, 2.45) is 0 Å². The number of carbonyl (C=O) groups is 1. The SMILES string of the molecule is Cc1nn(CC(=O)NC(C)CCc2ccccc2)c(=O)c2cc3sccc3n12. The lowest BCUT2D eigenvalue weighted by molar-refractivity contribution is -0.122. The number of nitrogens with one attached hydrogen (secondary N) is 1. The third-order valence-corrected chi connectivity index (χ3v) is 5.73. The minimum Gasteiger partial charge on any atom is -0.352 e. The topological polar surface area (TPSA) is 68.4 Å². The van der Waals surface area contributed by atoms with Gasteiger partial charge in [-0.15, -0.1) is 11.3 Å². The molecule has 3 heterocycles. The predicted molar refractivity (Wildman–Crippen MR) is 112 cm³/mol. The van der Waals surface area contributed by atoms with Gasteiger partial charge in [0, 0.05) is 6.04 Å². The van der Waals surface area contributed by atoms with Crippen LogP contribution in [0.5, 0.6) is 0 Å². The largest absolute Gasteiger partial charge is 0.352 e. The number of hydrogen-bond acceptors (Lipinski definition) is 4. The van der Waals surface area contributed by atoms with Gasteiger partial charge >= 0.3 is 0 Å². The number of benzene rings is 1. The van der Waals surface area contributed by atoms with Gasteiger partial charge in [-0.1, -0.05) is 30.3 Å². The van der Waals surface area contributed by atoms with Crippen molar-refractivity contribution in [1.82, 2.24) is 19.5 Å². The molecule has 0 aliphatic rings. The van der Waals surface area contributed by atoms with Gasteiger partial charge in [-0.05, 0) is 49.8 Å². The van der Waals surface area contributed by atoms with Gasteiger partial charge in [0.15, 0.2) is 0 Å². The summed E-state index contributed by atoms with van der Waals surface area (Å²) in [5.41, 5.74) is 2.53. The maximum atomic E-state index is 12.8. The normalized spacial score (nSPS) is 12.5. The molecule has 1 unspecified atom stereocenters. The Bertz CT molecular complexity index is 1190. The summed E-state index contributed by atoms with van der Waals surface area (Å²) in [6, 6.07) is 14.1. The Morgan fingerprint density at radius 1 is 1.21 bits per heavy atom. The summed E-state index contributed by atoms with van der Waals surface area (Å²) in [6.07, 6.45) is 1.73. The maximum Gasteiger partial charge on any atom is 0.291 e. The zero-order valence-corrected chi connectivity index (χ0v) is 16.7. The summed E-state index contributed by atoms with van der Waals surface area (Å²) < 4.78 is 4.15. The van der Waals surface area contributed by atoms with Gasteiger partial charge in [-0.2, -0.15) is 5.10 Å². The second-order valence-corrected chi connectivity index (χ2v) is 7.99. The molecular formula is C21H22N4O2S. The Hall–Kier alpha value is -2.93. The highest BCUT2D eigenvalue weighted by molar-refractivity contribution is 7.17. The van der Waals surface area contributed by atoms with Crippen molar-refractivity contribution in [2.45, 2.75) is 39.3 Å². The second-order valence-electron chi connectivity index (χ2n) is 7.04. The minimum absolute atomic E-state index is 0.0203. The van der Waals surface area contributed by atoms with Crippen LogP contribution < -0.4 is 10.9 Å². The molecule has 4 rings (SSSR count). The molecule has 1 atom stereocenters. The van der Waals surface area contributed by atoms with Gasteiger partial charge < -0.3 is 5.32 Å². The first kappa shape index (κ1) is 18.4. The van der Waals surface area contributed by atoms with Gasteiger partial charge in [-0.3, -0.25) is 14.0 Å². The molecule has 1 amide bonds. The maximum absolute atomic E-state index is 12.8. The van der Waals surface area contributed by atoms with Crippen LogP contribution >= 0.6 is 11.3 Å². The zero-order valence-electron chi connectivity index (χ0n) is 15.9. The fraction of sp³-hybridized carbons (Fsp3) is 0.286. The van der Waals surface area contributed by atoms with Crippen LogP contribution in [0.25, 0.3) is 15.7 Å². The smallest absolute Gasteiger partial charge is 0.291 e. The van der Waals surface area contributed by atoms with Crippen LogP contribution in [0.15, 0.2) is 52.6 Å². The number of hydrogen-bond donors (Lipinski definition) is 1. The van der Waals surface area contributed by atoms with E-state index < -0.39 is 0 Å². The lowest BCUT2D eigenvalue weighted by Crippen LogP contribution is -2.39. The highest BCUT2D eigenvalue weighted by Crippen LogP contribution is 2.24. The van der Waals surface area contributed by atoms with E-state index in [2.05, 4.69) is 22.5 Å². The van der Waals surface area contributed by atoms with Crippen molar-refractivity contribution in [3.63, 3.8) is 0 Å². The van der Waals surface area contributed by atoms with Crippen LogP contribution in [0.1, 0.15) is 24.7 Å². The summed E-state index contributed by atoms with van der Waals surface area (Å²) in [5.74, 6) is 0.486. The first-order valence-corrected chi connectivity index (χ1v) is 10.2. The van der Waals surface area contributed by atoms with Crippen LogP contribution in [0, 0.1) is 6.92 Å². The molecule has 7 heteroatoms. The van der Waals surface area contributed by atoms with E-state index in [1.807, 2.05) is 54.0 Å². The first-order valence-electron chi connectivity index (χ1n) is 9.32. The molecule has 0 spiro atoms. The number of aromatic nitrogens is 3. The summed E-state index contributed by atoms with van der Waals surface area (Å²) in [6.45, 7) is 3.75. The van der Waals surface area contributed by atoms with E-state index in [4.69, 9.17) is 0 Å². The molecule has 144 valence electrons. The van der Waals surface area contributed by atoms with E-state index in [0.29, 0.717) is 11.3 Å². The molecule has 0 radical (unpaired) electrons. The fourth-order valence-corrected chi connectivity index (χ4v) is 4.30. The van der Waals surface area contributed by atoms with Crippen LogP contribution in [0.3, 0.4) is 0 Å². The van der Waals surface area contributed by atoms with Crippen LogP contribution in [0.2, 0.25) is 0 Å². The summed E-state index contributed by atoms with van der Waals surface area (Å²) in [5, 5.41) is 9.32. The average molecular weight is 395 g/mol. The third kappa shape index (κ3) is 3.57. The number of amides is 1. The van der Waals surface area contributed by atoms with E-state index in [1.165, 1.54) is 10.2 Å². The van der Waals surface area contributed by atoms with Crippen LogP contribution in [0.4, 0.5) is 0 Å². The van der Waals surface area contributed by atoms with E-state index in [-0.39, 0.29) is 24.1 Å². The number of rotatable bonds is 6. The fourth-order valence-electron chi connectivity index (χ4n) is 3.49. The van der Waals surface area contributed by atoms with Gasteiger partial charge in [-0.25, -0.2) is 4.68 Å². The first-order chi connectivity index (χ1) is 13.5. The van der Waals surface area contributed by atoms with Gasteiger partial charge in [0.05, 0.1) is 10.2 Å². The van der Waals surface area contributed by atoms with E-state index in [1.54, 1.807) is 11.3 Å². The van der Waals surface area contributed by atoms with Crippen molar-refractivity contribution in [3.8, 4) is 0 Å². The van der Waals surface area contributed by atoms with Crippen molar-refractivity contribution in [1.29, 1.82) is 0 Å². The number of aryl methyl sites for hydroxylation is 2. The minimum atomic E-state index is -0.249. The Morgan fingerprint density at radius 2 is 2.00 bits per heavy atom. The molecule has 0 bridgehead atoms. The lowest BCUT2D eigenvalue weighted by atomic mass is 10.1. The highest BCUT2D eigenvalue weighted by Gasteiger charge is 2.15. The van der Waals surface area contributed by atoms with Crippen LogP contribution in [-0.2, 0) is 17.8 Å². The van der Waals surface area contributed by atoms with Crippen molar-refractivity contribution >= 4 is 33.0 Å². The van der Waals surface area contributed by atoms with E-state index >= 15 is 0 Å². The van der Waals surface area contributed by atoms with Gasteiger partial charge in [0.25, 0.3) is 5.56 Å². The molecule has 0 aliphatic carbocycles.